The summed E-state index contributed by atoms with van der Waals surface area (Å²) in [7, 11) is 1.90. The van der Waals surface area contributed by atoms with Gasteiger partial charge in [-0.1, -0.05) is 24.6 Å². The van der Waals surface area contributed by atoms with Crippen LogP contribution in [0.1, 0.15) is 30.0 Å². The molecular weight excluding hydrogens is 250 g/mol. The van der Waals surface area contributed by atoms with E-state index in [0.29, 0.717) is 6.61 Å². The van der Waals surface area contributed by atoms with Crippen molar-refractivity contribution in [2.75, 3.05) is 0 Å². The fourth-order valence-corrected chi connectivity index (χ4v) is 2.14. The summed E-state index contributed by atoms with van der Waals surface area (Å²) in [4.78, 5) is 0. The number of aryl methyl sites for hydroxylation is 2. The lowest BCUT2D eigenvalue weighted by molar-refractivity contribution is 0.302. The van der Waals surface area contributed by atoms with E-state index in [9.17, 15) is 0 Å². The van der Waals surface area contributed by atoms with E-state index in [1.165, 1.54) is 11.1 Å². The summed E-state index contributed by atoms with van der Waals surface area (Å²) in [5.74, 6) is 0.920. The van der Waals surface area contributed by atoms with Crippen molar-refractivity contribution < 1.29 is 4.74 Å². The van der Waals surface area contributed by atoms with Crippen LogP contribution in [0.5, 0.6) is 5.75 Å². The van der Waals surface area contributed by atoms with Gasteiger partial charge in [0.25, 0.3) is 0 Å². The summed E-state index contributed by atoms with van der Waals surface area (Å²) in [6.07, 6.45) is 5.60. The van der Waals surface area contributed by atoms with Crippen molar-refractivity contribution in [1.29, 1.82) is 0 Å². The van der Waals surface area contributed by atoms with E-state index in [0.717, 1.165) is 24.2 Å². The molecule has 1 aromatic carbocycles. The Morgan fingerprint density at radius 2 is 2.20 bits per heavy atom. The molecule has 0 spiro atoms. The molecule has 0 bridgehead atoms. The van der Waals surface area contributed by atoms with Gasteiger partial charge < -0.3 is 10.5 Å². The van der Waals surface area contributed by atoms with E-state index < -0.39 is 0 Å². The second-order valence-corrected chi connectivity index (χ2v) is 5.29. The average Bonchev–Trinajstić information content (AvgIpc) is 2.83. The van der Waals surface area contributed by atoms with Gasteiger partial charge in [0.15, 0.2) is 0 Å². The molecule has 0 amide bonds. The van der Waals surface area contributed by atoms with Gasteiger partial charge in [0.2, 0.25) is 0 Å². The van der Waals surface area contributed by atoms with Crippen molar-refractivity contribution in [3.8, 4) is 5.75 Å². The van der Waals surface area contributed by atoms with E-state index >= 15 is 0 Å². The molecule has 2 N–H and O–H groups in total. The molecule has 0 radical (unpaired) electrons. The van der Waals surface area contributed by atoms with Gasteiger partial charge in [-0.05, 0) is 31.4 Å². The van der Waals surface area contributed by atoms with Crippen LogP contribution in [0.2, 0.25) is 0 Å². The second kappa shape index (κ2) is 6.57. The van der Waals surface area contributed by atoms with Crippen LogP contribution in [0.3, 0.4) is 0 Å². The molecule has 0 aliphatic heterocycles. The third-order valence-electron chi connectivity index (χ3n) is 3.38. The highest BCUT2D eigenvalue weighted by Gasteiger charge is 2.09. The molecule has 1 aromatic heterocycles. The van der Waals surface area contributed by atoms with Gasteiger partial charge in [0, 0.05) is 24.8 Å². The first-order valence-corrected chi connectivity index (χ1v) is 7.04. The zero-order chi connectivity index (χ0) is 14.5. The Morgan fingerprint density at radius 3 is 2.85 bits per heavy atom. The van der Waals surface area contributed by atoms with Gasteiger partial charge >= 0.3 is 0 Å². The number of aromatic nitrogens is 2. The summed E-state index contributed by atoms with van der Waals surface area (Å²) in [6.45, 7) is 4.73. The highest BCUT2D eigenvalue weighted by molar-refractivity contribution is 5.37. The molecule has 4 heteroatoms. The number of nitrogens with two attached hydrogens (primary N) is 1. The third kappa shape index (κ3) is 3.84. The third-order valence-corrected chi connectivity index (χ3v) is 3.38. The zero-order valence-corrected chi connectivity index (χ0v) is 12.5. The maximum atomic E-state index is 6.07. The smallest absolute Gasteiger partial charge is 0.123 e. The number of hydrogen-bond donors (Lipinski definition) is 1. The maximum absolute atomic E-state index is 6.07. The highest BCUT2D eigenvalue weighted by atomic mass is 16.5. The van der Waals surface area contributed by atoms with Crippen LogP contribution in [-0.2, 0) is 20.1 Å². The van der Waals surface area contributed by atoms with Crippen LogP contribution < -0.4 is 10.5 Å². The van der Waals surface area contributed by atoms with Crippen molar-refractivity contribution in [3.63, 3.8) is 0 Å². The summed E-state index contributed by atoms with van der Waals surface area (Å²) in [5, 5.41) is 4.14. The summed E-state index contributed by atoms with van der Waals surface area (Å²) >= 11 is 0. The lowest BCUT2D eigenvalue weighted by Crippen LogP contribution is -2.21. The zero-order valence-electron chi connectivity index (χ0n) is 12.5. The normalized spacial score (nSPS) is 12.4. The molecule has 4 nitrogen and oxygen atoms in total. The Kier molecular flexibility index (Phi) is 4.79. The molecule has 108 valence electrons. The number of hydrogen-bond acceptors (Lipinski definition) is 3. The van der Waals surface area contributed by atoms with Crippen molar-refractivity contribution in [3.05, 3.63) is 47.3 Å². The first kappa shape index (κ1) is 14.6. The van der Waals surface area contributed by atoms with Crippen LogP contribution in [0.4, 0.5) is 0 Å². The predicted octanol–water partition coefficient (Wildman–Crippen LogP) is 2.59. The minimum Gasteiger partial charge on any atom is -0.489 e. The van der Waals surface area contributed by atoms with E-state index in [1.807, 2.05) is 25.5 Å². The minimum absolute atomic E-state index is 0.178. The molecule has 1 heterocycles. The number of benzene rings is 1. The first-order chi connectivity index (χ1) is 9.58. The monoisotopic (exact) mass is 273 g/mol. The summed E-state index contributed by atoms with van der Waals surface area (Å²) in [5.41, 5.74) is 9.55. The van der Waals surface area contributed by atoms with Crippen LogP contribution >= 0.6 is 0 Å². The van der Waals surface area contributed by atoms with Crippen molar-refractivity contribution in [2.45, 2.75) is 39.3 Å². The van der Waals surface area contributed by atoms with Crippen molar-refractivity contribution >= 4 is 0 Å². The van der Waals surface area contributed by atoms with Crippen molar-refractivity contribution in [2.24, 2.45) is 12.8 Å². The van der Waals surface area contributed by atoms with Gasteiger partial charge in [0.05, 0.1) is 6.20 Å². The SMILES string of the molecule is CCC(N)Cc1cc(C)ccc1OCc1cnn(C)c1. The minimum atomic E-state index is 0.178. The average molecular weight is 273 g/mol. The molecule has 20 heavy (non-hydrogen) atoms. The second-order valence-electron chi connectivity index (χ2n) is 5.29. The molecule has 0 aliphatic rings. The quantitative estimate of drug-likeness (QED) is 0.880. The van der Waals surface area contributed by atoms with E-state index in [4.69, 9.17) is 10.5 Å². The van der Waals surface area contributed by atoms with Gasteiger partial charge in [-0.3, -0.25) is 4.68 Å². The number of rotatable bonds is 6. The molecule has 0 fully saturated rings. The Labute approximate surface area is 120 Å². The van der Waals surface area contributed by atoms with E-state index in [-0.39, 0.29) is 6.04 Å². The Hall–Kier alpha value is -1.81. The standard InChI is InChI=1S/C16H23N3O/c1-4-15(17)8-14-7-12(2)5-6-16(14)20-11-13-9-18-19(3)10-13/h5-7,9-10,15H,4,8,11,17H2,1-3H3. The number of ether oxygens (including phenoxy) is 1. The highest BCUT2D eigenvalue weighted by Crippen LogP contribution is 2.23. The molecule has 0 saturated heterocycles. The predicted molar refractivity (Wildman–Crippen MR) is 80.7 cm³/mol. The fraction of sp³-hybridized carbons (Fsp3) is 0.438. The van der Waals surface area contributed by atoms with Crippen LogP contribution in [0.15, 0.2) is 30.6 Å². The van der Waals surface area contributed by atoms with Crippen LogP contribution in [0, 0.1) is 6.92 Å². The molecule has 1 unspecified atom stereocenters. The first-order valence-electron chi connectivity index (χ1n) is 7.04. The number of nitrogens with zero attached hydrogens (tertiary/aromatic N) is 2. The Bertz CT molecular complexity index is 563. The van der Waals surface area contributed by atoms with E-state index in [2.05, 4.69) is 31.1 Å². The largest absolute Gasteiger partial charge is 0.489 e. The molecule has 2 aromatic rings. The molecule has 0 saturated carbocycles. The van der Waals surface area contributed by atoms with Gasteiger partial charge in [-0.15, -0.1) is 0 Å². The van der Waals surface area contributed by atoms with Gasteiger partial charge in [-0.2, -0.15) is 5.10 Å². The fourth-order valence-electron chi connectivity index (χ4n) is 2.14. The van der Waals surface area contributed by atoms with Crippen LogP contribution in [0.25, 0.3) is 0 Å². The molecular formula is C16H23N3O. The van der Waals surface area contributed by atoms with E-state index in [1.54, 1.807) is 4.68 Å². The summed E-state index contributed by atoms with van der Waals surface area (Å²) < 4.78 is 7.71. The lowest BCUT2D eigenvalue weighted by atomic mass is 10.0. The van der Waals surface area contributed by atoms with Gasteiger partial charge in [0.1, 0.15) is 12.4 Å². The van der Waals surface area contributed by atoms with Crippen molar-refractivity contribution in [1.82, 2.24) is 9.78 Å². The molecule has 1 atom stereocenters. The Balaban J connectivity index is 2.09. The maximum Gasteiger partial charge on any atom is 0.123 e. The molecule has 0 aliphatic carbocycles. The van der Waals surface area contributed by atoms with Gasteiger partial charge in [-0.25, -0.2) is 0 Å². The Morgan fingerprint density at radius 1 is 1.40 bits per heavy atom. The molecule has 2 rings (SSSR count). The lowest BCUT2D eigenvalue weighted by Gasteiger charge is -2.15. The summed E-state index contributed by atoms with van der Waals surface area (Å²) in [6, 6.07) is 6.44. The van der Waals surface area contributed by atoms with Crippen LogP contribution in [-0.4, -0.2) is 15.8 Å². The topological polar surface area (TPSA) is 53.1 Å².